The number of nitrogens with two attached hydrogens (primary N) is 1. The van der Waals surface area contributed by atoms with E-state index in [9.17, 15) is 4.39 Å². The van der Waals surface area contributed by atoms with Crippen molar-refractivity contribution in [1.29, 1.82) is 0 Å². The molecule has 1 atom stereocenters. The lowest BCUT2D eigenvalue weighted by Gasteiger charge is -2.16. The minimum absolute atomic E-state index is 0.0453. The van der Waals surface area contributed by atoms with Crippen molar-refractivity contribution in [3.8, 4) is 0 Å². The highest BCUT2D eigenvalue weighted by atomic mass is 79.9. The van der Waals surface area contributed by atoms with Gasteiger partial charge in [0.15, 0.2) is 0 Å². The Balaban J connectivity index is 2.18. The van der Waals surface area contributed by atoms with Gasteiger partial charge in [0.05, 0.1) is 10.5 Å². The van der Waals surface area contributed by atoms with Crippen LogP contribution in [0, 0.1) is 5.82 Å². The average Bonchev–Trinajstić information content (AvgIpc) is 2.41. The van der Waals surface area contributed by atoms with Gasteiger partial charge < -0.3 is 0 Å². The molecule has 0 bridgehead atoms. The molecule has 0 spiro atoms. The zero-order chi connectivity index (χ0) is 13.0. The molecule has 94 valence electrons. The molecule has 1 unspecified atom stereocenters. The molecule has 2 aromatic rings. The maximum atomic E-state index is 13.1. The Hall–Kier alpha value is -1.30. The first kappa shape index (κ1) is 13.1. The number of hydrazine groups is 1. The summed E-state index contributed by atoms with van der Waals surface area (Å²) in [6, 6.07) is 8.72. The molecule has 0 saturated heterocycles. The first-order chi connectivity index (χ1) is 8.70. The van der Waals surface area contributed by atoms with Crippen molar-refractivity contribution >= 4 is 15.9 Å². The quantitative estimate of drug-likeness (QED) is 0.674. The van der Waals surface area contributed by atoms with Crippen molar-refractivity contribution in [2.75, 3.05) is 0 Å². The van der Waals surface area contributed by atoms with E-state index in [-0.39, 0.29) is 11.9 Å². The van der Waals surface area contributed by atoms with E-state index in [1.807, 2.05) is 12.1 Å². The Morgan fingerprint density at radius 2 is 2.22 bits per heavy atom. The van der Waals surface area contributed by atoms with Crippen LogP contribution in [-0.2, 0) is 6.42 Å². The van der Waals surface area contributed by atoms with Crippen molar-refractivity contribution in [3.63, 3.8) is 0 Å². The van der Waals surface area contributed by atoms with Crippen molar-refractivity contribution in [2.45, 2.75) is 12.5 Å². The normalized spacial score (nSPS) is 12.4. The fraction of sp³-hybridized carbons (Fsp3) is 0.154. The number of pyridine rings is 1. The Morgan fingerprint density at radius 1 is 1.39 bits per heavy atom. The molecule has 2 rings (SSSR count). The highest BCUT2D eigenvalue weighted by Crippen LogP contribution is 2.21. The van der Waals surface area contributed by atoms with E-state index in [2.05, 4.69) is 26.3 Å². The molecule has 5 heteroatoms. The van der Waals surface area contributed by atoms with Crippen LogP contribution in [0.25, 0.3) is 0 Å². The molecule has 0 aliphatic heterocycles. The number of benzene rings is 1. The summed E-state index contributed by atoms with van der Waals surface area (Å²) in [7, 11) is 0. The number of halogens is 2. The number of hydrogen-bond donors (Lipinski definition) is 2. The molecule has 3 nitrogen and oxygen atoms in total. The first-order valence-corrected chi connectivity index (χ1v) is 6.30. The van der Waals surface area contributed by atoms with Crippen LogP contribution in [0.15, 0.2) is 47.2 Å². The molecule has 1 aromatic carbocycles. The van der Waals surface area contributed by atoms with Crippen molar-refractivity contribution < 1.29 is 4.39 Å². The van der Waals surface area contributed by atoms with Gasteiger partial charge in [0.1, 0.15) is 5.82 Å². The predicted octanol–water partition coefficient (Wildman–Crippen LogP) is 2.73. The fourth-order valence-corrected chi connectivity index (χ4v) is 2.18. The molecule has 0 aliphatic carbocycles. The van der Waals surface area contributed by atoms with Crippen LogP contribution in [0.1, 0.15) is 17.2 Å². The van der Waals surface area contributed by atoms with Gasteiger partial charge in [-0.25, -0.2) is 4.39 Å². The number of nitrogens with one attached hydrogen (secondary N) is 1. The summed E-state index contributed by atoms with van der Waals surface area (Å²) in [4.78, 5) is 4.06. The highest BCUT2D eigenvalue weighted by Gasteiger charge is 2.11. The largest absolute Gasteiger partial charge is 0.271 e. The summed E-state index contributed by atoms with van der Waals surface area (Å²) < 4.78 is 13.6. The lowest BCUT2D eigenvalue weighted by Crippen LogP contribution is -2.29. The van der Waals surface area contributed by atoms with E-state index in [4.69, 9.17) is 5.84 Å². The van der Waals surface area contributed by atoms with E-state index < -0.39 is 0 Å². The molecule has 3 N–H and O–H groups in total. The summed E-state index contributed by atoms with van der Waals surface area (Å²) >= 11 is 3.18. The summed E-state index contributed by atoms with van der Waals surface area (Å²) in [6.45, 7) is 0. The van der Waals surface area contributed by atoms with E-state index in [1.54, 1.807) is 24.5 Å². The predicted molar refractivity (Wildman–Crippen MR) is 72.1 cm³/mol. The molecule has 0 fully saturated rings. The summed E-state index contributed by atoms with van der Waals surface area (Å²) in [5, 5.41) is 0. The van der Waals surface area contributed by atoms with E-state index in [0.717, 1.165) is 11.1 Å². The van der Waals surface area contributed by atoms with Crippen LogP contribution in [0.4, 0.5) is 4.39 Å². The van der Waals surface area contributed by atoms with Gasteiger partial charge in [-0.05, 0) is 51.7 Å². The molecule has 1 heterocycles. The van der Waals surface area contributed by atoms with Crippen LogP contribution in [-0.4, -0.2) is 4.98 Å². The average molecular weight is 310 g/mol. The summed E-state index contributed by atoms with van der Waals surface area (Å²) in [5.41, 5.74) is 4.75. The second kappa shape index (κ2) is 6.04. The van der Waals surface area contributed by atoms with Crippen molar-refractivity contribution in [3.05, 3.63) is 64.1 Å². The molecule has 0 aliphatic rings. The van der Waals surface area contributed by atoms with Gasteiger partial charge in [0.2, 0.25) is 0 Å². The van der Waals surface area contributed by atoms with Gasteiger partial charge in [-0.3, -0.25) is 16.3 Å². The van der Waals surface area contributed by atoms with Gasteiger partial charge in [-0.2, -0.15) is 0 Å². The highest BCUT2D eigenvalue weighted by molar-refractivity contribution is 9.10. The molecule has 0 saturated carbocycles. The SMILES string of the molecule is NNC(Cc1ccc(F)c(Br)c1)c1cccnc1. The molecular weight excluding hydrogens is 297 g/mol. The van der Waals surface area contributed by atoms with Gasteiger partial charge in [-0.1, -0.05) is 12.1 Å². The molecule has 0 amide bonds. The molecule has 18 heavy (non-hydrogen) atoms. The smallest absolute Gasteiger partial charge is 0.137 e. The zero-order valence-electron chi connectivity index (χ0n) is 9.61. The number of nitrogens with zero attached hydrogens (tertiary/aromatic N) is 1. The molecular formula is C13H13BrFN3. The van der Waals surface area contributed by atoms with Crippen LogP contribution in [0.3, 0.4) is 0 Å². The number of hydrogen-bond acceptors (Lipinski definition) is 3. The topological polar surface area (TPSA) is 50.9 Å². The third-order valence-electron chi connectivity index (χ3n) is 2.71. The zero-order valence-corrected chi connectivity index (χ0v) is 11.2. The van der Waals surface area contributed by atoms with Gasteiger partial charge >= 0.3 is 0 Å². The van der Waals surface area contributed by atoms with E-state index in [1.165, 1.54) is 6.07 Å². The second-order valence-electron chi connectivity index (χ2n) is 3.96. The Kier molecular flexibility index (Phi) is 4.41. The Labute approximate surface area is 113 Å². The second-order valence-corrected chi connectivity index (χ2v) is 4.81. The number of aromatic nitrogens is 1. The maximum absolute atomic E-state index is 13.1. The maximum Gasteiger partial charge on any atom is 0.137 e. The fourth-order valence-electron chi connectivity index (χ4n) is 1.76. The van der Waals surface area contributed by atoms with Crippen LogP contribution < -0.4 is 11.3 Å². The standard InChI is InChI=1S/C13H13BrFN3/c14-11-6-9(3-4-12(11)15)7-13(18-16)10-2-1-5-17-8-10/h1-6,8,13,18H,7,16H2. The van der Waals surface area contributed by atoms with E-state index >= 15 is 0 Å². The van der Waals surface area contributed by atoms with Crippen molar-refractivity contribution in [2.24, 2.45) is 5.84 Å². The third kappa shape index (κ3) is 3.13. The monoisotopic (exact) mass is 309 g/mol. The number of rotatable bonds is 4. The van der Waals surface area contributed by atoms with Crippen LogP contribution in [0.2, 0.25) is 0 Å². The Bertz CT molecular complexity index is 519. The van der Waals surface area contributed by atoms with Crippen molar-refractivity contribution in [1.82, 2.24) is 10.4 Å². The Morgan fingerprint density at radius 3 is 2.83 bits per heavy atom. The van der Waals surface area contributed by atoms with Gasteiger partial charge in [-0.15, -0.1) is 0 Å². The molecule has 1 aromatic heterocycles. The summed E-state index contributed by atoms with van der Waals surface area (Å²) in [6.07, 6.45) is 4.15. The third-order valence-corrected chi connectivity index (χ3v) is 3.32. The van der Waals surface area contributed by atoms with Crippen LogP contribution in [0.5, 0.6) is 0 Å². The minimum Gasteiger partial charge on any atom is -0.271 e. The molecule has 0 radical (unpaired) electrons. The first-order valence-electron chi connectivity index (χ1n) is 5.50. The van der Waals surface area contributed by atoms with E-state index in [0.29, 0.717) is 10.9 Å². The van der Waals surface area contributed by atoms with Gasteiger partial charge in [0.25, 0.3) is 0 Å². The minimum atomic E-state index is -0.266. The van der Waals surface area contributed by atoms with Crippen LogP contribution >= 0.6 is 15.9 Å². The summed E-state index contributed by atoms with van der Waals surface area (Å²) in [5.74, 6) is 5.29. The van der Waals surface area contributed by atoms with Gasteiger partial charge in [0, 0.05) is 12.4 Å². The lowest BCUT2D eigenvalue weighted by atomic mass is 10.0. The lowest BCUT2D eigenvalue weighted by molar-refractivity contribution is 0.548.